The van der Waals surface area contributed by atoms with Crippen LogP contribution in [0.1, 0.15) is 43.4 Å². The Kier molecular flexibility index (Phi) is 6.05. The maximum Gasteiger partial charge on any atom is 0.317 e. The zero-order valence-corrected chi connectivity index (χ0v) is 17.9. The Morgan fingerprint density at radius 3 is 2.45 bits per heavy atom. The van der Waals surface area contributed by atoms with Crippen molar-refractivity contribution in [3.8, 4) is 0 Å². The van der Waals surface area contributed by atoms with Crippen molar-refractivity contribution in [2.75, 3.05) is 31.1 Å². The van der Waals surface area contributed by atoms with Crippen LogP contribution in [0.5, 0.6) is 0 Å². The summed E-state index contributed by atoms with van der Waals surface area (Å²) < 4.78 is 13.6. The van der Waals surface area contributed by atoms with Crippen molar-refractivity contribution >= 4 is 11.8 Å². The average Bonchev–Trinajstić information content (AvgIpc) is 2.62. The van der Waals surface area contributed by atoms with Crippen molar-refractivity contribution in [1.29, 1.82) is 0 Å². The Morgan fingerprint density at radius 2 is 1.83 bits per heavy atom. The molecule has 3 rings (SSSR count). The van der Waals surface area contributed by atoms with Crippen LogP contribution in [-0.4, -0.2) is 52.6 Å². The third kappa shape index (κ3) is 5.43. The topological polar surface area (TPSA) is 61.4 Å². The Hall–Kier alpha value is -2.70. The molecule has 2 amide bonds. The van der Waals surface area contributed by atoms with Crippen LogP contribution < -0.4 is 10.2 Å². The third-order valence-corrected chi connectivity index (χ3v) is 4.92. The fourth-order valence-corrected chi connectivity index (χ4v) is 3.56. The molecule has 1 N–H and O–H groups in total. The van der Waals surface area contributed by atoms with Gasteiger partial charge in [-0.25, -0.2) is 19.2 Å². The molecular formula is C22H30FN5O. The van der Waals surface area contributed by atoms with E-state index >= 15 is 0 Å². The summed E-state index contributed by atoms with van der Waals surface area (Å²) in [6.07, 6.45) is 0.573. The molecule has 0 aliphatic carbocycles. The number of piperazine rings is 1. The number of nitrogens with zero attached hydrogens (tertiary/aromatic N) is 4. The largest absolute Gasteiger partial charge is 0.353 e. The van der Waals surface area contributed by atoms with Gasteiger partial charge in [0.2, 0.25) is 0 Å². The normalized spacial score (nSPS) is 14.8. The second-order valence-electron chi connectivity index (χ2n) is 8.62. The van der Waals surface area contributed by atoms with E-state index in [-0.39, 0.29) is 17.4 Å². The van der Waals surface area contributed by atoms with Gasteiger partial charge in [0.05, 0.1) is 0 Å². The number of anilines is 1. The molecule has 1 saturated heterocycles. The molecule has 156 valence electrons. The first-order chi connectivity index (χ1) is 13.6. The van der Waals surface area contributed by atoms with Gasteiger partial charge in [-0.3, -0.25) is 0 Å². The van der Waals surface area contributed by atoms with Gasteiger partial charge in [0.15, 0.2) is 0 Å². The van der Waals surface area contributed by atoms with E-state index in [9.17, 15) is 9.18 Å². The molecule has 1 aromatic carbocycles. The molecular weight excluding hydrogens is 369 g/mol. The van der Waals surface area contributed by atoms with Crippen LogP contribution in [0.25, 0.3) is 0 Å². The fourth-order valence-electron chi connectivity index (χ4n) is 3.56. The summed E-state index contributed by atoms with van der Waals surface area (Å²) in [4.78, 5) is 25.7. The number of hydrogen-bond acceptors (Lipinski definition) is 4. The first-order valence-corrected chi connectivity index (χ1v) is 10.0. The highest BCUT2D eigenvalue weighted by Gasteiger charge is 2.26. The van der Waals surface area contributed by atoms with Crippen LogP contribution in [-0.2, 0) is 6.42 Å². The van der Waals surface area contributed by atoms with Crippen molar-refractivity contribution in [3.63, 3.8) is 0 Å². The van der Waals surface area contributed by atoms with Crippen LogP contribution in [0.3, 0.4) is 0 Å². The number of urea groups is 1. The summed E-state index contributed by atoms with van der Waals surface area (Å²) in [5.74, 6) is 1.36. The predicted octanol–water partition coefficient (Wildman–Crippen LogP) is 3.45. The number of benzene rings is 1. The number of rotatable bonds is 3. The zero-order valence-electron chi connectivity index (χ0n) is 17.9. The number of nitrogens with one attached hydrogen (secondary N) is 1. The molecule has 1 fully saturated rings. The number of aromatic nitrogens is 2. The van der Waals surface area contributed by atoms with Crippen molar-refractivity contribution < 1.29 is 9.18 Å². The zero-order chi connectivity index (χ0) is 21.2. The van der Waals surface area contributed by atoms with Gasteiger partial charge in [0.25, 0.3) is 0 Å². The van der Waals surface area contributed by atoms with E-state index < -0.39 is 0 Å². The van der Waals surface area contributed by atoms with E-state index in [1.165, 1.54) is 6.07 Å². The number of carbonyl (C=O) groups is 1. The number of carbonyl (C=O) groups excluding carboxylic acids is 1. The monoisotopic (exact) mass is 399 g/mol. The lowest BCUT2D eigenvalue weighted by molar-refractivity contribution is 0.185. The number of halogens is 1. The smallest absolute Gasteiger partial charge is 0.317 e. The summed E-state index contributed by atoms with van der Waals surface area (Å²) in [6, 6.07) is 6.61. The number of hydrogen-bond donors (Lipinski definition) is 1. The minimum absolute atomic E-state index is 0.0350. The van der Waals surface area contributed by atoms with E-state index in [0.29, 0.717) is 38.4 Å². The molecule has 0 radical (unpaired) electrons. The summed E-state index contributed by atoms with van der Waals surface area (Å²) in [5.41, 5.74) is 2.55. The molecule has 0 spiro atoms. The molecule has 0 unspecified atom stereocenters. The van der Waals surface area contributed by atoms with Gasteiger partial charge in [-0.2, -0.15) is 0 Å². The second kappa shape index (κ2) is 8.35. The van der Waals surface area contributed by atoms with Crippen molar-refractivity contribution in [2.45, 2.75) is 46.6 Å². The van der Waals surface area contributed by atoms with Crippen LogP contribution in [0.2, 0.25) is 0 Å². The lowest BCUT2D eigenvalue weighted by atomic mass is 10.0. The standard InChI is InChI=1S/C22H30FN5O/c1-15-19(14-17-7-6-8-18(23)13-17)20(25-16(2)24-15)27-9-11-28(12-10-27)21(29)26-22(3,4)5/h6-8,13H,9-12,14H2,1-5H3,(H,26,29). The first kappa shape index (κ1) is 21.0. The Labute approximate surface area is 172 Å². The minimum atomic E-state index is -0.257. The fraction of sp³-hybridized carbons (Fsp3) is 0.500. The van der Waals surface area contributed by atoms with Gasteiger partial charge in [-0.15, -0.1) is 0 Å². The lowest BCUT2D eigenvalue weighted by Crippen LogP contribution is -2.55. The highest BCUT2D eigenvalue weighted by atomic mass is 19.1. The molecule has 2 heterocycles. The highest BCUT2D eigenvalue weighted by molar-refractivity contribution is 5.75. The van der Waals surface area contributed by atoms with Gasteiger partial charge in [0.1, 0.15) is 17.5 Å². The van der Waals surface area contributed by atoms with Crippen molar-refractivity contribution in [2.24, 2.45) is 0 Å². The molecule has 29 heavy (non-hydrogen) atoms. The van der Waals surface area contributed by atoms with Crippen molar-refractivity contribution in [1.82, 2.24) is 20.2 Å². The maximum absolute atomic E-state index is 13.6. The molecule has 1 aliphatic heterocycles. The van der Waals surface area contributed by atoms with Gasteiger partial charge < -0.3 is 15.1 Å². The predicted molar refractivity (Wildman–Crippen MR) is 113 cm³/mol. The summed E-state index contributed by atoms with van der Waals surface area (Å²) in [5, 5.41) is 3.02. The maximum atomic E-state index is 13.6. The van der Waals surface area contributed by atoms with Gasteiger partial charge >= 0.3 is 6.03 Å². The van der Waals surface area contributed by atoms with E-state index in [4.69, 9.17) is 4.98 Å². The molecule has 7 heteroatoms. The molecule has 1 aromatic heterocycles. The Balaban J connectivity index is 1.78. The lowest BCUT2D eigenvalue weighted by Gasteiger charge is -2.37. The molecule has 2 aromatic rings. The van der Waals surface area contributed by atoms with Crippen LogP contribution in [0.4, 0.5) is 15.0 Å². The van der Waals surface area contributed by atoms with Crippen LogP contribution in [0.15, 0.2) is 24.3 Å². The molecule has 1 aliphatic rings. The van der Waals surface area contributed by atoms with E-state index in [0.717, 1.165) is 22.6 Å². The third-order valence-electron chi connectivity index (χ3n) is 4.92. The summed E-state index contributed by atoms with van der Waals surface area (Å²) in [6.45, 7) is 12.4. The Morgan fingerprint density at radius 1 is 1.14 bits per heavy atom. The Bertz CT molecular complexity index is 885. The second-order valence-corrected chi connectivity index (χ2v) is 8.62. The van der Waals surface area contributed by atoms with E-state index in [1.54, 1.807) is 12.1 Å². The summed E-state index contributed by atoms with van der Waals surface area (Å²) in [7, 11) is 0. The quantitative estimate of drug-likeness (QED) is 0.859. The molecule has 0 saturated carbocycles. The summed E-state index contributed by atoms with van der Waals surface area (Å²) >= 11 is 0. The number of amides is 2. The van der Waals surface area contributed by atoms with Crippen molar-refractivity contribution in [3.05, 3.63) is 52.7 Å². The van der Waals surface area contributed by atoms with E-state index in [2.05, 4.69) is 15.2 Å². The highest BCUT2D eigenvalue weighted by Crippen LogP contribution is 2.25. The van der Waals surface area contributed by atoms with Gasteiger partial charge in [0, 0.05) is 49.4 Å². The average molecular weight is 400 g/mol. The van der Waals surface area contributed by atoms with Gasteiger partial charge in [-0.1, -0.05) is 12.1 Å². The van der Waals surface area contributed by atoms with Crippen LogP contribution in [0, 0.1) is 19.7 Å². The molecule has 6 nitrogen and oxygen atoms in total. The SMILES string of the molecule is Cc1nc(C)c(Cc2cccc(F)c2)c(N2CCN(C(=O)NC(C)(C)C)CC2)n1. The molecule has 0 atom stereocenters. The minimum Gasteiger partial charge on any atom is -0.353 e. The van der Waals surface area contributed by atoms with E-state index in [1.807, 2.05) is 45.6 Å². The molecule has 0 bridgehead atoms. The van der Waals surface area contributed by atoms with Crippen LogP contribution >= 0.6 is 0 Å². The van der Waals surface area contributed by atoms with Gasteiger partial charge in [-0.05, 0) is 52.3 Å². The number of aryl methyl sites for hydroxylation is 2. The first-order valence-electron chi connectivity index (χ1n) is 10.0.